The standard InChI is InChI=1S/C13H15FN2O5/c1-21-5-4-15-11(17)7-16-12(18)9-3-2-8(13(19)20)6-10(9)14/h2-3,6H,4-5,7H2,1H3,(H,15,17)(H,16,18)(H,19,20). The average molecular weight is 298 g/mol. The van der Waals surface area contributed by atoms with E-state index in [2.05, 4.69) is 10.6 Å². The topological polar surface area (TPSA) is 105 Å². The van der Waals surface area contributed by atoms with E-state index in [9.17, 15) is 18.8 Å². The molecule has 114 valence electrons. The lowest BCUT2D eigenvalue weighted by Crippen LogP contribution is -2.38. The summed E-state index contributed by atoms with van der Waals surface area (Å²) >= 11 is 0. The highest BCUT2D eigenvalue weighted by molar-refractivity contribution is 5.97. The van der Waals surface area contributed by atoms with Gasteiger partial charge in [-0.05, 0) is 18.2 Å². The van der Waals surface area contributed by atoms with Crippen LogP contribution in [0.15, 0.2) is 18.2 Å². The molecule has 0 saturated carbocycles. The predicted octanol–water partition coefficient (Wildman–Crippen LogP) is 0.0163. The van der Waals surface area contributed by atoms with Gasteiger partial charge in [0.15, 0.2) is 0 Å². The van der Waals surface area contributed by atoms with Gasteiger partial charge in [-0.2, -0.15) is 0 Å². The first-order chi connectivity index (χ1) is 9.95. The second-order valence-electron chi connectivity index (χ2n) is 4.03. The van der Waals surface area contributed by atoms with Crippen LogP contribution in [-0.2, 0) is 9.53 Å². The number of benzene rings is 1. The zero-order chi connectivity index (χ0) is 15.8. The maximum absolute atomic E-state index is 13.6. The summed E-state index contributed by atoms with van der Waals surface area (Å²) < 4.78 is 18.3. The summed E-state index contributed by atoms with van der Waals surface area (Å²) in [6.45, 7) is 0.320. The van der Waals surface area contributed by atoms with Gasteiger partial charge in [0.05, 0.1) is 24.3 Å². The zero-order valence-corrected chi connectivity index (χ0v) is 11.3. The fraction of sp³-hybridized carbons (Fsp3) is 0.308. The molecule has 0 spiro atoms. The van der Waals surface area contributed by atoms with Crippen molar-refractivity contribution in [2.45, 2.75) is 0 Å². The third-order valence-electron chi connectivity index (χ3n) is 2.50. The van der Waals surface area contributed by atoms with Crippen molar-refractivity contribution in [2.24, 2.45) is 0 Å². The van der Waals surface area contributed by atoms with E-state index in [4.69, 9.17) is 9.84 Å². The van der Waals surface area contributed by atoms with Crippen molar-refractivity contribution in [2.75, 3.05) is 26.8 Å². The highest BCUT2D eigenvalue weighted by Gasteiger charge is 2.15. The minimum Gasteiger partial charge on any atom is -0.478 e. The first-order valence-electron chi connectivity index (χ1n) is 6.02. The van der Waals surface area contributed by atoms with Gasteiger partial charge < -0.3 is 20.5 Å². The zero-order valence-electron chi connectivity index (χ0n) is 11.3. The molecule has 0 heterocycles. The van der Waals surface area contributed by atoms with E-state index in [1.165, 1.54) is 7.11 Å². The fourth-order valence-electron chi connectivity index (χ4n) is 1.44. The van der Waals surface area contributed by atoms with Crippen molar-refractivity contribution < 1.29 is 28.6 Å². The van der Waals surface area contributed by atoms with Gasteiger partial charge in [0.25, 0.3) is 5.91 Å². The molecular weight excluding hydrogens is 283 g/mol. The van der Waals surface area contributed by atoms with Crippen molar-refractivity contribution >= 4 is 17.8 Å². The molecule has 21 heavy (non-hydrogen) atoms. The lowest BCUT2D eigenvalue weighted by Gasteiger charge is -2.07. The Kier molecular flexibility index (Phi) is 6.28. The van der Waals surface area contributed by atoms with E-state index in [-0.39, 0.29) is 17.7 Å². The van der Waals surface area contributed by atoms with E-state index in [0.717, 1.165) is 18.2 Å². The average Bonchev–Trinajstić information content (AvgIpc) is 2.44. The van der Waals surface area contributed by atoms with Crippen LogP contribution in [-0.4, -0.2) is 49.7 Å². The molecule has 0 saturated heterocycles. The number of nitrogens with one attached hydrogen (secondary N) is 2. The molecule has 1 aromatic rings. The predicted molar refractivity (Wildman–Crippen MR) is 70.6 cm³/mol. The van der Waals surface area contributed by atoms with Gasteiger partial charge in [-0.25, -0.2) is 9.18 Å². The van der Waals surface area contributed by atoms with Crippen molar-refractivity contribution in [1.82, 2.24) is 10.6 Å². The summed E-state index contributed by atoms with van der Waals surface area (Å²) in [6, 6.07) is 2.91. The van der Waals surface area contributed by atoms with Gasteiger partial charge >= 0.3 is 5.97 Å². The number of carbonyl (C=O) groups is 3. The van der Waals surface area contributed by atoms with E-state index < -0.39 is 23.6 Å². The second-order valence-corrected chi connectivity index (χ2v) is 4.03. The number of rotatable bonds is 7. The third-order valence-corrected chi connectivity index (χ3v) is 2.50. The van der Waals surface area contributed by atoms with Crippen LogP contribution >= 0.6 is 0 Å². The summed E-state index contributed by atoms with van der Waals surface area (Å²) in [5, 5.41) is 13.4. The second kappa shape index (κ2) is 7.95. The molecule has 0 fully saturated rings. The van der Waals surface area contributed by atoms with Crippen molar-refractivity contribution in [1.29, 1.82) is 0 Å². The fourth-order valence-corrected chi connectivity index (χ4v) is 1.44. The normalized spacial score (nSPS) is 10.0. The molecule has 0 aliphatic rings. The highest BCUT2D eigenvalue weighted by atomic mass is 19.1. The van der Waals surface area contributed by atoms with Crippen molar-refractivity contribution in [3.8, 4) is 0 Å². The van der Waals surface area contributed by atoms with Gasteiger partial charge in [0.1, 0.15) is 5.82 Å². The molecule has 1 rings (SSSR count). The summed E-state index contributed by atoms with van der Waals surface area (Å²) in [7, 11) is 1.48. The Morgan fingerprint density at radius 2 is 2.00 bits per heavy atom. The number of carboxylic acids is 1. The Morgan fingerprint density at radius 3 is 2.57 bits per heavy atom. The summed E-state index contributed by atoms with van der Waals surface area (Å²) in [4.78, 5) is 33.7. The molecule has 2 amide bonds. The SMILES string of the molecule is COCCNC(=O)CNC(=O)c1ccc(C(=O)O)cc1F. The molecule has 3 N–H and O–H groups in total. The Bertz CT molecular complexity index is 547. The van der Waals surface area contributed by atoms with Crippen LogP contribution in [0.2, 0.25) is 0 Å². The van der Waals surface area contributed by atoms with Gasteiger partial charge in [-0.3, -0.25) is 9.59 Å². The number of hydrogen-bond donors (Lipinski definition) is 3. The summed E-state index contributed by atoms with van der Waals surface area (Å²) in [5.74, 6) is -3.50. The maximum atomic E-state index is 13.6. The molecule has 0 unspecified atom stereocenters. The Morgan fingerprint density at radius 1 is 1.29 bits per heavy atom. The van der Waals surface area contributed by atoms with Crippen LogP contribution in [0.3, 0.4) is 0 Å². The molecule has 0 aromatic heterocycles. The quantitative estimate of drug-likeness (QED) is 0.615. The lowest BCUT2D eigenvalue weighted by molar-refractivity contribution is -0.120. The third kappa shape index (κ3) is 5.19. The molecule has 8 heteroatoms. The smallest absolute Gasteiger partial charge is 0.335 e. The van der Waals surface area contributed by atoms with Crippen LogP contribution in [0.1, 0.15) is 20.7 Å². The molecule has 0 aliphatic carbocycles. The van der Waals surface area contributed by atoms with E-state index in [1.54, 1.807) is 0 Å². The van der Waals surface area contributed by atoms with Crippen LogP contribution in [0.5, 0.6) is 0 Å². The van der Waals surface area contributed by atoms with Gasteiger partial charge in [-0.1, -0.05) is 0 Å². The van der Waals surface area contributed by atoms with Crippen molar-refractivity contribution in [3.05, 3.63) is 35.1 Å². The van der Waals surface area contributed by atoms with E-state index >= 15 is 0 Å². The number of aromatic carboxylic acids is 1. The van der Waals surface area contributed by atoms with Crippen LogP contribution in [0.25, 0.3) is 0 Å². The molecule has 0 atom stereocenters. The minimum atomic E-state index is -1.29. The van der Waals surface area contributed by atoms with Crippen molar-refractivity contribution in [3.63, 3.8) is 0 Å². The monoisotopic (exact) mass is 298 g/mol. The molecule has 1 aromatic carbocycles. The number of methoxy groups -OCH3 is 1. The summed E-state index contributed by atoms with van der Waals surface area (Å²) in [5.41, 5.74) is -0.592. The van der Waals surface area contributed by atoms with E-state index in [1.807, 2.05) is 0 Å². The number of ether oxygens (including phenoxy) is 1. The minimum absolute atomic E-state index is 0.263. The van der Waals surface area contributed by atoms with Crippen LogP contribution < -0.4 is 10.6 Å². The molecule has 0 bridgehead atoms. The van der Waals surface area contributed by atoms with Crippen LogP contribution in [0.4, 0.5) is 4.39 Å². The Labute approximate surface area is 120 Å². The van der Waals surface area contributed by atoms with E-state index in [0.29, 0.717) is 13.2 Å². The van der Waals surface area contributed by atoms with Crippen LogP contribution in [0, 0.1) is 5.82 Å². The first kappa shape index (κ1) is 16.6. The number of halogens is 1. The highest BCUT2D eigenvalue weighted by Crippen LogP contribution is 2.10. The van der Waals surface area contributed by atoms with Gasteiger partial charge in [-0.15, -0.1) is 0 Å². The molecule has 0 radical (unpaired) electrons. The number of carbonyl (C=O) groups excluding carboxylic acids is 2. The number of hydrogen-bond acceptors (Lipinski definition) is 4. The number of amides is 2. The number of carboxylic acid groups (broad SMARTS) is 1. The van der Waals surface area contributed by atoms with Gasteiger partial charge in [0, 0.05) is 13.7 Å². The summed E-state index contributed by atoms with van der Waals surface area (Å²) in [6.07, 6.45) is 0. The Balaban J connectivity index is 2.56. The molecule has 7 nitrogen and oxygen atoms in total. The molecular formula is C13H15FN2O5. The lowest BCUT2D eigenvalue weighted by atomic mass is 10.1. The molecule has 0 aliphatic heterocycles. The maximum Gasteiger partial charge on any atom is 0.335 e. The Hall–Kier alpha value is -2.48. The van der Waals surface area contributed by atoms with Gasteiger partial charge in [0.2, 0.25) is 5.91 Å². The largest absolute Gasteiger partial charge is 0.478 e. The first-order valence-corrected chi connectivity index (χ1v) is 6.02.